The summed E-state index contributed by atoms with van der Waals surface area (Å²) < 4.78 is 0. The predicted molar refractivity (Wildman–Crippen MR) is 66.3 cm³/mol. The van der Waals surface area contributed by atoms with Gasteiger partial charge in [0.25, 0.3) is 0 Å². The van der Waals surface area contributed by atoms with Gasteiger partial charge in [-0.1, -0.05) is 40.0 Å². The third kappa shape index (κ3) is 8.73. The Hall–Kier alpha value is -0.240. The minimum absolute atomic E-state index is 0.000629. The van der Waals surface area contributed by atoms with Crippen LogP contribution in [0.2, 0.25) is 0 Å². The van der Waals surface area contributed by atoms with Crippen LogP contribution in [0.3, 0.4) is 0 Å². The lowest BCUT2D eigenvalue weighted by Gasteiger charge is -2.21. The largest absolute Gasteiger partial charge is 0.356 e. The first kappa shape index (κ1) is 14.8. The van der Waals surface area contributed by atoms with E-state index in [0.717, 1.165) is 12.8 Å². The van der Waals surface area contributed by atoms with E-state index in [4.69, 9.17) is 11.6 Å². The SMILES string of the molecule is CCCCCCC(=O)NCC(C)(C)CCl. The Balaban J connectivity index is 3.49. The van der Waals surface area contributed by atoms with Crippen LogP contribution in [0.15, 0.2) is 0 Å². The zero-order valence-corrected chi connectivity index (χ0v) is 11.0. The van der Waals surface area contributed by atoms with Crippen molar-refractivity contribution in [3.63, 3.8) is 0 Å². The fourth-order valence-electron chi connectivity index (χ4n) is 1.19. The molecule has 90 valence electrons. The van der Waals surface area contributed by atoms with Crippen molar-refractivity contribution in [3.8, 4) is 0 Å². The Morgan fingerprint density at radius 3 is 2.47 bits per heavy atom. The monoisotopic (exact) mass is 233 g/mol. The third-order valence-electron chi connectivity index (χ3n) is 2.38. The molecule has 2 nitrogen and oxygen atoms in total. The van der Waals surface area contributed by atoms with Crippen molar-refractivity contribution in [1.29, 1.82) is 0 Å². The molecule has 0 radical (unpaired) electrons. The van der Waals surface area contributed by atoms with E-state index in [-0.39, 0.29) is 11.3 Å². The van der Waals surface area contributed by atoms with Gasteiger partial charge in [0, 0.05) is 18.8 Å². The smallest absolute Gasteiger partial charge is 0.220 e. The molecule has 0 atom stereocenters. The number of alkyl halides is 1. The van der Waals surface area contributed by atoms with E-state index >= 15 is 0 Å². The Kier molecular flexibility index (Phi) is 7.85. The molecule has 0 aliphatic heterocycles. The van der Waals surface area contributed by atoms with Gasteiger partial charge < -0.3 is 5.32 Å². The van der Waals surface area contributed by atoms with Crippen molar-refractivity contribution in [3.05, 3.63) is 0 Å². The highest BCUT2D eigenvalue weighted by molar-refractivity contribution is 6.18. The van der Waals surface area contributed by atoms with E-state index in [9.17, 15) is 4.79 Å². The highest BCUT2D eigenvalue weighted by atomic mass is 35.5. The van der Waals surface area contributed by atoms with Crippen LogP contribution in [-0.4, -0.2) is 18.3 Å². The number of carbonyl (C=O) groups is 1. The normalized spacial score (nSPS) is 11.5. The molecule has 0 saturated carbocycles. The molecule has 0 bridgehead atoms. The minimum atomic E-state index is 0.000629. The van der Waals surface area contributed by atoms with E-state index < -0.39 is 0 Å². The van der Waals surface area contributed by atoms with Gasteiger partial charge in [-0.25, -0.2) is 0 Å². The zero-order chi connectivity index (χ0) is 11.7. The average Bonchev–Trinajstić information content (AvgIpc) is 2.22. The predicted octanol–water partition coefficient (Wildman–Crippen LogP) is 3.34. The number of carbonyl (C=O) groups excluding carboxylic acids is 1. The van der Waals surface area contributed by atoms with Crippen LogP contribution >= 0.6 is 11.6 Å². The van der Waals surface area contributed by atoms with Gasteiger partial charge in [-0.05, 0) is 11.8 Å². The number of amides is 1. The first-order valence-electron chi connectivity index (χ1n) is 5.84. The summed E-state index contributed by atoms with van der Waals surface area (Å²) in [6, 6.07) is 0. The van der Waals surface area contributed by atoms with Crippen molar-refractivity contribution < 1.29 is 4.79 Å². The van der Waals surface area contributed by atoms with Crippen LogP contribution in [0.1, 0.15) is 52.9 Å². The van der Waals surface area contributed by atoms with Gasteiger partial charge >= 0.3 is 0 Å². The molecule has 0 spiro atoms. The van der Waals surface area contributed by atoms with Gasteiger partial charge in [0.15, 0.2) is 0 Å². The molecule has 0 aromatic heterocycles. The molecule has 0 fully saturated rings. The number of nitrogens with one attached hydrogen (secondary N) is 1. The maximum Gasteiger partial charge on any atom is 0.220 e. The zero-order valence-electron chi connectivity index (χ0n) is 10.2. The average molecular weight is 234 g/mol. The maximum absolute atomic E-state index is 11.4. The first-order valence-corrected chi connectivity index (χ1v) is 6.38. The molecule has 0 rings (SSSR count). The highest BCUT2D eigenvalue weighted by Gasteiger charge is 2.16. The molecule has 3 heteroatoms. The molecule has 1 amide bonds. The van der Waals surface area contributed by atoms with Gasteiger partial charge in [-0.2, -0.15) is 0 Å². The molecule has 0 aromatic carbocycles. The summed E-state index contributed by atoms with van der Waals surface area (Å²) in [4.78, 5) is 11.4. The van der Waals surface area contributed by atoms with E-state index in [0.29, 0.717) is 18.8 Å². The van der Waals surface area contributed by atoms with Gasteiger partial charge in [-0.15, -0.1) is 11.6 Å². The molecule has 0 saturated heterocycles. The second-order valence-electron chi connectivity index (χ2n) is 4.89. The van der Waals surface area contributed by atoms with E-state index in [1.165, 1.54) is 12.8 Å². The summed E-state index contributed by atoms with van der Waals surface area (Å²) in [5.74, 6) is 0.729. The summed E-state index contributed by atoms with van der Waals surface area (Å²) >= 11 is 5.77. The number of hydrogen-bond donors (Lipinski definition) is 1. The van der Waals surface area contributed by atoms with Crippen molar-refractivity contribution in [2.75, 3.05) is 12.4 Å². The highest BCUT2D eigenvalue weighted by Crippen LogP contribution is 2.15. The Morgan fingerprint density at radius 1 is 1.27 bits per heavy atom. The lowest BCUT2D eigenvalue weighted by molar-refractivity contribution is -0.121. The number of rotatable bonds is 8. The topological polar surface area (TPSA) is 29.1 Å². The molecule has 0 aliphatic rings. The minimum Gasteiger partial charge on any atom is -0.356 e. The molecular weight excluding hydrogens is 210 g/mol. The van der Waals surface area contributed by atoms with E-state index in [1.54, 1.807) is 0 Å². The third-order valence-corrected chi connectivity index (χ3v) is 3.11. The molecule has 15 heavy (non-hydrogen) atoms. The summed E-state index contributed by atoms with van der Waals surface area (Å²) in [6.07, 6.45) is 5.24. The second kappa shape index (κ2) is 7.98. The van der Waals surface area contributed by atoms with Crippen molar-refractivity contribution in [2.45, 2.75) is 52.9 Å². The quantitative estimate of drug-likeness (QED) is 0.506. The second-order valence-corrected chi connectivity index (χ2v) is 5.15. The van der Waals surface area contributed by atoms with Gasteiger partial charge in [0.2, 0.25) is 5.91 Å². The molecule has 0 heterocycles. The van der Waals surface area contributed by atoms with Crippen LogP contribution in [0.5, 0.6) is 0 Å². The van der Waals surface area contributed by atoms with Crippen molar-refractivity contribution in [1.82, 2.24) is 5.32 Å². The Bertz CT molecular complexity index is 180. The summed E-state index contributed by atoms with van der Waals surface area (Å²) in [6.45, 7) is 6.95. The Morgan fingerprint density at radius 2 is 1.93 bits per heavy atom. The van der Waals surface area contributed by atoms with Crippen LogP contribution in [0.25, 0.3) is 0 Å². The van der Waals surface area contributed by atoms with Gasteiger partial charge in [0.1, 0.15) is 0 Å². The van der Waals surface area contributed by atoms with Crippen LogP contribution in [0, 0.1) is 5.41 Å². The fourth-order valence-corrected chi connectivity index (χ4v) is 1.28. The van der Waals surface area contributed by atoms with E-state index in [2.05, 4.69) is 26.1 Å². The van der Waals surface area contributed by atoms with Crippen LogP contribution in [-0.2, 0) is 4.79 Å². The maximum atomic E-state index is 11.4. The summed E-state index contributed by atoms with van der Waals surface area (Å²) in [5, 5.41) is 2.93. The summed E-state index contributed by atoms with van der Waals surface area (Å²) in [5.41, 5.74) is 0.000629. The van der Waals surface area contributed by atoms with Crippen LogP contribution < -0.4 is 5.32 Å². The summed E-state index contributed by atoms with van der Waals surface area (Å²) in [7, 11) is 0. The van der Waals surface area contributed by atoms with E-state index in [1.807, 2.05) is 0 Å². The number of halogens is 1. The lowest BCUT2D eigenvalue weighted by atomic mass is 9.96. The Labute approximate surface area is 98.8 Å². The lowest BCUT2D eigenvalue weighted by Crippen LogP contribution is -2.34. The number of hydrogen-bond acceptors (Lipinski definition) is 1. The first-order chi connectivity index (χ1) is 7.02. The molecule has 0 aromatic rings. The van der Waals surface area contributed by atoms with Crippen molar-refractivity contribution >= 4 is 17.5 Å². The van der Waals surface area contributed by atoms with Gasteiger partial charge in [0.05, 0.1) is 0 Å². The molecule has 0 aliphatic carbocycles. The molecular formula is C12H24ClNO. The standard InChI is InChI=1S/C12H24ClNO/c1-4-5-6-7-8-11(15)14-10-12(2,3)9-13/h4-10H2,1-3H3,(H,14,15). The van der Waals surface area contributed by atoms with Crippen molar-refractivity contribution in [2.24, 2.45) is 5.41 Å². The molecule has 0 unspecified atom stereocenters. The van der Waals surface area contributed by atoms with Crippen LogP contribution in [0.4, 0.5) is 0 Å². The fraction of sp³-hybridized carbons (Fsp3) is 0.917. The van der Waals surface area contributed by atoms with Gasteiger partial charge in [-0.3, -0.25) is 4.79 Å². The molecule has 1 N–H and O–H groups in total. The number of unbranched alkanes of at least 4 members (excludes halogenated alkanes) is 3.